The molecule has 1 heterocycles. The van der Waals surface area contributed by atoms with Gasteiger partial charge in [-0.3, -0.25) is 4.79 Å². The van der Waals surface area contributed by atoms with Gasteiger partial charge >= 0.3 is 6.03 Å². The number of fused-ring (bicyclic) bond motifs is 1. The van der Waals surface area contributed by atoms with Crippen LogP contribution in [0.4, 0.5) is 36.5 Å². The third kappa shape index (κ3) is 4.27. The molecule has 3 amide bonds. The van der Waals surface area contributed by atoms with Crippen LogP contribution >= 0.6 is 0 Å². The lowest BCUT2D eigenvalue weighted by molar-refractivity contribution is 0.102. The summed E-state index contributed by atoms with van der Waals surface area (Å²) in [7, 11) is 0. The van der Waals surface area contributed by atoms with Gasteiger partial charge in [-0.1, -0.05) is 11.2 Å². The maximum absolute atomic E-state index is 13.6. The molecule has 4 aromatic rings. The van der Waals surface area contributed by atoms with Gasteiger partial charge in [0.05, 0.1) is 16.6 Å². The summed E-state index contributed by atoms with van der Waals surface area (Å²) in [4.78, 5) is 24.6. The van der Waals surface area contributed by atoms with Crippen LogP contribution in [-0.2, 0) is 0 Å². The van der Waals surface area contributed by atoms with E-state index in [4.69, 9.17) is 10.3 Å². The molecule has 0 saturated carbocycles. The van der Waals surface area contributed by atoms with Gasteiger partial charge in [-0.2, -0.15) is 0 Å². The normalized spacial score (nSPS) is 10.6. The number of urea groups is 1. The van der Waals surface area contributed by atoms with E-state index in [0.717, 1.165) is 12.1 Å². The molecule has 0 aliphatic carbocycles. The fourth-order valence-electron chi connectivity index (χ4n) is 2.92. The first kappa shape index (κ1) is 19.8. The molecule has 0 spiro atoms. The second-order valence-electron chi connectivity index (χ2n) is 6.48. The zero-order chi connectivity index (χ0) is 22.0. The maximum Gasteiger partial charge on any atom is 0.323 e. The van der Waals surface area contributed by atoms with Crippen LogP contribution in [0, 0.1) is 11.6 Å². The summed E-state index contributed by atoms with van der Waals surface area (Å²) in [5, 5.41) is 11.6. The smallest absolute Gasteiger partial charge is 0.323 e. The van der Waals surface area contributed by atoms with Gasteiger partial charge in [0.25, 0.3) is 5.91 Å². The number of nitrogens with zero attached hydrogens (tertiary/aromatic N) is 1. The zero-order valence-corrected chi connectivity index (χ0v) is 15.8. The summed E-state index contributed by atoms with van der Waals surface area (Å²) in [5.74, 6) is -1.93. The summed E-state index contributed by atoms with van der Waals surface area (Å²) in [6, 6.07) is 13.2. The van der Waals surface area contributed by atoms with Crippen molar-refractivity contribution in [3.63, 3.8) is 0 Å². The van der Waals surface area contributed by atoms with Gasteiger partial charge in [0.15, 0.2) is 11.4 Å². The molecular weight excluding hydrogens is 408 g/mol. The van der Waals surface area contributed by atoms with Crippen LogP contribution < -0.4 is 21.7 Å². The molecule has 0 fully saturated rings. The quantitative estimate of drug-likeness (QED) is 0.383. The summed E-state index contributed by atoms with van der Waals surface area (Å²) in [5.41, 5.74) is 7.17. The van der Waals surface area contributed by atoms with Gasteiger partial charge < -0.3 is 26.2 Å². The van der Waals surface area contributed by atoms with Crippen LogP contribution in [0.5, 0.6) is 0 Å². The van der Waals surface area contributed by atoms with Crippen LogP contribution in [0.25, 0.3) is 11.0 Å². The van der Waals surface area contributed by atoms with Crippen LogP contribution in [0.2, 0.25) is 0 Å². The maximum atomic E-state index is 13.6. The topological polar surface area (TPSA) is 122 Å². The number of nitrogens with one attached hydrogen (secondary N) is 3. The Hall–Kier alpha value is -4.47. The number of rotatable bonds is 4. The highest BCUT2D eigenvalue weighted by atomic mass is 19.1. The molecule has 156 valence electrons. The number of benzene rings is 3. The first-order chi connectivity index (χ1) is 14.9. The lowest BCUT2D eigenvalue weighted by atomic mass is 10.1. The molecule has 4 rings (SSSR count). The molecule has 0 radical (unpaired) electrons. The van der Waals surface area contributed by atoms with Crippen LogP contribution in [0.15, 0.2) is 65.2 Å². The van der Waals surface area contributed by atoms with E-state index in [-0.39, 0.29) is 11.5 Å². The summed E-state index contributed by atoms with van der Waals surface area (Å²) in [6.07, 6.45) is 0. The number of hydrogen-bond acceptors (Lipinski definition) is 5. The molecule has 1 aromatic heterocycles. The van der Waals surface area contributed by atoms with Crippen molar-refractivity contribution in [1.29, 1.82) is 0 Å². The highest BCUT2D eigenvalue weighted by molar-refractivity contribution is 6.14. The molecule has 0 aliphatic rings. The van der Waals surface area contributed by atoms with Gasteiger partial charge in [-0.05, 0) is 48.5 Å². The standard InChI is InChI=1S/C21H15F2N5O3/c22-11-4-9-16(15(23)10-11)27-21(30)26-13-7-5-12(6-8-13)25-20(29)14-2-1-3-17-18(14)19(24)28-31-17/h1-10H,(H2,24,28)(H,25,29)(H2,26,27,30). The molecular formula is C21H15F2N5O3. The number of anilines is 4. The Morgan fingerprint density at radius 3 is 2.32 bits per heavy atom. The SMILES string of the molecule is Nc1noc2cccc(C(=O)Nc3ccc(NC(=O)Nc4ccc(F)cc4F)cc3)c12. The number of nitrogens with two attached hydrogens (primary N) is 1. The first-order valence-electron chi connectivity index (χ1n) is 8.99. The van der Waals surface area contributed by atoms with E-state index < -0.39 is 23.6 Å². The van der Waals surface area contributed by atoms with Crippen molar-refractivity contribution < 1.29 is 22.9 Å². The molecule has 10 heteroatoms. The highest BCUT2D eigenvalue weighted by Gasteiger charge is 2.16. The van der Waals surface area contributed by atoms with Crippen LogP contribution in [0.3, 0.4) is 0 Å². The predicted molar refractivity (Wildman–Crippen MR) is 112 cm³/mol. The summed E-state index contributed by atoms with van der Waals surface area (Å²) < 4.78 is 31.6. The van der Waals surface area contributed by atoms with E-state index in [0.29, 0.717) is 34.0 Å². The van der Waals surface area contributed by atoms with Crippen molar-refractivity contribution in [2.24, 2.45) is 0 Å². The Morgan fingerprint density at radius 1 is 0.903 bits per heavy atom. The lowest BCUT2D eigenvalue weighted by Crippen LogP contribution is -2.20. The van der Waals surface area contributed by atoms with Gasteiger partial charge in [0.1, 0.15) is 11.6 Å². The average Bonchev–Trinajstić information content (AvgIpc) is 3.13. The van der Waals surface area contributed by atoms with Crippen molar-refractivity contribution in [2.45, 2.75) is 0 Å². The molecule has 3 aromatic carbocycles. The van der Waals surface area contributed by atoms with Crippen molar-refractivity contribution in [1.82, 2.24) is 5.16 Å². The monoisotopic (exact) mass is 423 g/mol. The second kappa shape index (κ2) is 8.11. The Bertz CT molecular complexity index is 1290. The highest BCUT2D eigenvalue weighted by Crippen LogP contribution is 2.25. The number of amides is 3. The van der Waals surface area contributed by atoms with Crippen molar-refractivity contribution in [2.75, 3.05) is 21.7 Å². The number of hydrogen-bond donors (Lipinski definition) is 4. The Morgan fingerprint density at radius 2 is 1.61 bits per heavy atom. The number of halogens is 2. The summed E-state index contributed by atoms with van der Waals surface area (Å²) in [6.45, 7) is 0. The number of carbonyl (C=O) groups is 2. The van der Waals surface area contributed by atoms with Crippen LogP contribution in [0.1, 0.15) is 10.4 Å². The van der Waals surface area contributed by atoms with Crippen molar-refractivity contribution in [3.8, 4) is 0 Å². The molecule has 0 bridgehead atoms. The fraction of sp³-hybridized carbons (Fsp3) is 0. The summed E-state index contributed by atoms with van der Waals surface area (Å²) >= 11 is 0. The third-order valence-corrected chi connectivity index (χ3v) is 4.35. The Kier molecular flexibility index (Phi) is 5.19. The number of nitrogen functional groups attached to an aromatic ring is 1. The molecule has 0 aliphatic heterocycles. The van der Waals surface area contributed by atoms with E-state index in [1.807, 2.05) is 0 Å². The largest absolute Gasteiger partial charge is 0.380 e. The molecule has 5 N–H and O–H groups in total. The van der Waals surface area contributed by atoms with Gasteiger partial charge in [0.2, 0.25) is 0 Å². The first-order valence-corrected chi connectivity index (χ1v) is 8.99. The predicted octanol–water partition coefficient (Wildman–Crippen LogP) is 4.58. The number of carbonyl (C=O) groups excluding carboxylic acids is 2. The fourth-order valence-corrected chi connectivity index (χ4v) is 2.92. The van der Waals surface area contributed by atoms with E-state index in [1.54, 1.807) is 42.5 Å². The molecule has 0 saturated heterocycles. The minimum atomic E-state index is -0.892. The Labute approximate surface area is 174 Å². The minimum Gasteiger partial charge on any atom is -0.380 e. The van der Waals surface area contributed by atoms with E-state index in [1.165, 1.54) is 0 Å². The molecule has 31 heavy (non-hydrogen) atoms. The Balaban J connectivity index is 1.41. The molecule has 0 atom stereocenters. The molecule has 8 nitrogen and oxygen atoms in total. The third-order valence-electron chi connectivity index (χ3n) is 4.35. The van der Waals surface area contributed by atoms with Crippen molar-refractivity contribution >= 4 is 45.8 Å². The van der Waals surface area contributed by atoms with E-state index in [2.05, 4.69) is 21.1 Å². The van der Waals surface area contributed by atoms with E-state index >= 15 is 0 Å². The lowest BCUT2D eigenvalue weighted by Gasteiger charge is -2.10. The van der Waals surface area contributed by atoms with Gasteiger partial charge in [-0.25, -0.2) is 13.6 Å². The average molecular weight is 423 g/mol. The number of aromatic nitrogens is 1. The van der Waals surface area contributed by atoms with E-state index in [9.17, 15) is 18.4 Å². The van der Waals surface area contributed by atoms with Gasteiger partial charge in [-0.15, -0.1) is 0 Å². The van der Waals surface area contributed by atoms with Crippen molar-refractivity contribution in [3.05, 3.63) is 77.9 Å². The second-order valence-corrected chi connectivity index (χ2v) is 6.48. The van der Waals surface area contributed by atoms with Crippen LogP contribution in [-0.4, -0.2) is 17.1 Å². The van der Waals surface area contributed by atoms with Gasteiger partial charge in [0, 0.05) is 17.4 Å². The minimum absolute atomic E-state index is 0.115. The zero-order valence-electron chi connectivity index (χ0n) is 15.8. The molecule has 0 unspecified atom stereocenters.